The zero-order valence-electron chi connectivity index (χ0n) is 19.5. The normalized spacial score (nSPS) is 9.29. The summed E-state index contributed by atoms with van der Waals surface area (Å²) in [5.74, 6) is -1.44. The molecule has 0 unspecified atom stereocenters. The van der Waals surface area contributed by atoms with Crippen LogP contribution >= 0.6 is 0 Å². The van der Waals surface area contributed by atoms with E-state index in [4.69, 9.17) is 5.26 Å². The second kappa shape index (κ2) is 13.7. The molecule has 34 heavy (non-hydrogen) atoms. The van der Waals surface area contributed by atoms with Gasteiger partial charge in [0.2, 0.25) is 22.2 Å². The summed E-state index contributed by atoms with van der Waals surface area (Å²) < 4.78 is 10.5. The van der Waals surface area contributed by atoms with Gasteiger partial charge in [-0.3, -0.25) is 19.4 Å². The fourth-order valence-corrected chi connectivity index (χ4v) is 2.48. The summed E-state index contributed by atoms with van der Waals surface area (Å²) in [6.45, 7) is 5.38. The molecule has 1 aromatic carbocycles. The number of aromatic amines is 1. The first-order chi connectivity index (χ1) is 16.2. The maximum Gasteiger partial charge on any atom is 0.362 e. The molecule has 11 heteroatoms. The lowest BCUT2D eigenvalue weighted by Crippen LogP contribution is -2.24. The van der Waals surface area contributed by atoms with E-state index in [1.807, 2.05) is 30.3 Å². The Balaban J connectivity index is 0.000000330. The maximum atomic E-state index is 11.7. The Kier molecular flexibility index (Phi) is 11.1. The van der Waals surface area contributed by atoms with Crippen LogP contribution in [0.1, 0.15) is 44.9 Å². The van der Waals surface area contributed by atoms with Gasteiger partial charge in [-0.15, -0.1) is 0 Å². The first-order valence-electron chi connectivity index (χ1n) is 9.84. The monoisotopic (exact) mass is 467 g/mol. The topological polar surface area (TPSA) is 157 Å². The molecule has 2 heterocycles. The van der Waals surface area contributed by atoms with Crippen LogP contribution in [0.25, 0.3) is 0 Å². The largest absolute Gasteiger partial charge is 0.464 e. The number of hydrogen-bond acceptors (Lipinski definition) is 9. The van der Waals surface area contributed by atoms with Crippen LogP contribution in [-0.4, -0.2) is 46.1 Å². The van der Waals surface area contributed by atoms with Crippen molar-refractivity contribution in [2.75, 3.05) is 14.2 Å². The minimum Gasteiger partial charge on any atom is -0.464 e. The third-order valence-corrected chi connectivity index (χ3v) is 4.06. The summed E-state index contributed by atoms with van der Waals surface area (Å²) in [5.41, 5.74) is 1.07. The summed E-state index contributed by atoms with van der Waals surface area (Å²) in [6.07, 6.45) is 0. The summed E-state index contributed by atoms with van der Waals surface area (Å²) >= 11 is 0. The molecule has 0 radical (unpaired) electrons. The van der Waals surface area contributed by atoms with Crippen molar-refractivity contribution < 1.29 is 19.1 Å². The van der Waals surface area contributed by atoms with E-state index in [-0.39, 0.29) is 11.4 Å². The Morgan fingerprint density at radius 2 is 1.53 bits per heavy atom. The highest BCUT2D eigenvalue weighted by atomic mass is 16.5. The molecule has 11 nitrogen and oxygen atoms in total. The molecule has 0 aliphatic carbocycles. The molecule has 0 aliphatic heterocycles. The molecule has 0 saturated heterocycles. The van der Waals surface area contributed by atoms with Crippen LogP contribution in [0.4, 0.5) is 0 Å². The fourth-order valence-electron chi connectivity index (χ4n) is 2.48. The molecule has 2 aromatic heterocycles. The predicted octanol–water partition coefficient (Wildman–Crippen LogP) is 1.78. The van der Waals surface area contributed by atoms with Crippen LogP contribution in [-0.2, 0) is 16.0 Å². The third kappa shape index (κ3) is 8.16. The highest BCUT2D eigenvalue weighted by molar-refractivity contribution is 5.87. The number of aryl methyl sites for hydroxylation is 2. The van der Waals surface area contributed by atoms with Crippen LogP contribution in [0, 0.1) is 25.2 Å². The quantitative estimate of drug-likeness (QED) is 0.565. The number of esters is 2. The number of benzene rings is 1. The smallest absolute Gasteiger partial charge is 0.362 e. The van der Waals surface area contributed by atoms with E-state index in [9.17, 15) is 19.2 Å². The Labute approximate surface area is 195 Å². The molecule has 178 valence electrons. The van der Waals surface area contributed by atoms with Gasteiger partial charge in [-0.25, -0.2) is 9.59 Å². The zero-order chi connectivity index (χ0) is 25.7. The van der Waals surface area contributed by atoms with Gasteiger partial charge in [-0.1, -0.05) is 30.3 Å². The number of carbonyl (C=O) groups excluding carboxylic acids is 2. The lowest BCUT2D eigenvalue weighted by Gasteiger charge is -2.10. The third-order valence-electron chi connectivity index (χ3n) is 4.06. The van der Waals surface area contributed by atoms with Gasteiger partial charge in [0.25, 0.3) is 0 Å². The van der Waals surface area contributed by atoms with Crippen molar-refractivity contribution in [3.8, 4) is 6.07 Å². The fraction of sp³-hybridized carbons (Fsp3) is 0.261. The molecule has 0 fully saturated rings. The molecule has 0 bridgehead atoms. The van der Waals surface area contributed by atoms with Gasteiger partial charge < -0.3 is 9.47 Å². The molecule has 0 saturated carbocycles. The SMILES string of the molecule is CC#N.COC(=O)c1n[nH]c(C)cc1=O.COC(=O)c1nn(Cc2ccccc2)c(C)cc1=O. The highest BCUT2D eigenvalue weighted by Crippen LogP contribution is 2.04. The summed E-state index contributed by atoms with van der Waals surface area (Å²) in [5, 5.41) is 17.4. The van der Waals surface area contributed by atoms with Gasteiger partial charge in [0.1, 0.15) is 0 Å². The Morgan fingerprint density at radius 1 is 1.00 bits per heavy atom. The maximum absolute atomic E-state index is 11.7. The summed E-state index contributed by atoms with van der Waals surface area (Å²) in [7, 11) is 2.42. The number of hydrogen-bond donors (Lipinski definition) is 1. The van der Waals surface area contributed by atoms with Gasteiger partial charge in [-0.2, -0.15) is 15.5 Å². The first kappa shape index (κ1) is 27.4. The number of aromatic nitrogens is 4. The summed E-state index contributed by atoms with van der Waals surface area (Å²) in [4.78, 5) is 45.0. The first-order valence-corrected chi connectivity index (χ1v) is 9.84. The number of nitrogens with one attached hydrogen (secondary N) is 1. The van der Waals surface area contributed by atoms with E-state index >= 15 is 0 Å². The van der Waals surface area contributed by atoms with Crippen molar-refractivity contribution in [2.45, 2.75) is 27.3 Å². The number of nitriles is 1. The van der Waals surface area contributed by atoms with Crippen molar-refractivity contribution in [1.29, 1.82) is 5.26 Å². The van der Waals surface area contributed by atoms with E-state index in [1.54, 1.807) is 24.6 Å². The average Bonchev–Trinajstić information content (AvgIpc) is 2.81. The van der Waals surface area contributed by atoms with Crippen LogP contribution in [0.3, 0.4) is 0 Å². The Morgan fingerprint density at radius 3 is 2.06 bits per heavy atom. The van der Waals surface area contributed by atoms with Gasteiger partial charge in [0.15, 0.2) is 0 Å². The van der Waals surface area contributed by atoms with Crippen molar-refractivity contribution in [2.24, 2.45) is 0 Å². The van der Waals surface area contributed by atoms with Crippen molar-refractivity contribution in [3.05, 3.63) is 91.3 Å². The molecule has 3 rings (SSSR count). The molecule has 0 atom stereocenters. The van der Waals surface area contributed by atoms with Crippen molar-refractivity contribution in [1.82, 2.24) is 20.0 Å². The number of carbonyl (C=O) groups is 2. The lowest BCUT2D eigenvalue weighted by molar-refractivity contribution is 0.0581. The van der Waals surface area contributed by atoms with Gasteiger partial charge >= 0.3 is 11.9 Å². The van der Waals surface area contributed by atoms with Crippen LogP contribution in [0.2, 0.25) is 0 Å². The molecular formula is C23H25N5O6. The molecule has 3 aromatic rings. The van der Waals surface area contributed by atoms with Crippen LogP contribution in [0.15, 0.2) is 52.1 Å². The molecular weight excluding hydrogens is 442 g/mol. The molecule has 0 aliphatic rings. The van der Waals surface area contributed by atoms with E-state index in [1.165, 1.54) is 33.3 Å². The minimum absolute atomic E-state index is 0.191. The van der Waals surface area contributed by atoms with Gasteiger partial charge in [0, 0.05) is 30.4 Å². The summed E-state index contributed by atoms with van der Waals surface area (Å²) in [6, 6.07) is 14.1. The van der Waals surface area contributed by atoms with Gasteiger partial charge in [0.05, 0.1) is 26.8 Å². The van der Waals surface area contributed by atoms with Crippen molar-refractivity contribution >= 4 is 11.9 Å². The Bertz CT molecular complexity index is 1280. The van der Waals surface area contributed by atoms with E-state index in [0.717, 1.165) is 5.56 Å². The lowest BCUT2D eigenvalue weighted by atomic mass is 10.2. The second-order valence-electron chi connectivity index (χ2n) is 6.61. The van der Waals surface area contributed by atoms with E-state index < -0.39 is 22.8 Å². The van der Waals surface area contributed by atoms with E-state index in [0.29, 0.717) is 17.9 Å². The molecule has 1 N–H and O–H groups in total. The van der Waals surface area contributed by atoms with Crippen LogP contribution < -0.4 is 10.9 Å². The Hall–Kier alpha value is -4.59. The number of H-pyrrole nitrogens is 1. The molecule has 0 spiro atoms. The number of ether oxygens (including phenoxy) is 2. The number of methoxy groups -OCH3 is 2. The van der Waals surface area contributed by atoms with Gasteiger partial charge in [-0.05, 0) is 19.4 Å². The van der Waals surface area contributed by atoms with E-state index in [2.05, 4.69) is 24.8 Å². The predicted molar refractivity (Wildman–Crippen MR) is 122 cm³/mol. The molecule has 0 amide bonds. The highest BCUT2D eigenvalue weighted by Gasteiger charge is 2.15. The average molecular weight is 467 g/mol. The number of rotatable bonds is 4. The standard InChI is InChI=1S/C14H14N2O3.C7H8N2O3.C2H3N/c1-10-8-12(17)13(14(18)19-2)15-16(10)9-11-6-4-3-5-7-11;1-4-3-5(10)6(9-8-4)7(11)12-2;1-2-3/h3-8H,9H2,1-2H3;3H,1-2H3,(H,8,10);1H3. The zero-order valence-corrected chi connectivity index (χ0v) is 19.5. The van der Waals surface area contributed by atoms with Crippen molar-refractivity contribution in [3.63, 3.8) is 0 Å². The minimum atomic E-state index is -0.726. The number of nitrogens with zero attached hydrogens (tertiary/aromatic N) is 4. The van der Waals surface area contributed by atoms with Crippen LogP contribution in [0.5, 0.6) is 0 Å². The second-order valence-corrected chi connectivity index (χ2v) is 6.61.